The summed E-state index contributed by atoms with van der Waals surface area (Å²) in [4.78, 5) is 13.3. The number of aryl methyl sites for hydroxylation is 1. The van der Waals surface area contributed by atoms with Crippen molar-refractivity contribution >= 4 is 33.0 Å². The summed E-state index contributed by atoms with van der Waals surface area (Å²) in [5.41, 5.74) is 1.67. The molecule has 33 heavy (non-hydrogen) atoms. The van der Waals surface area contributed by atoms with Gasteiger partial charge in [-0.3, -0.25) is 4.79 Å². The van der Waals surface area contributed by atoms with Crippen LogP contribution in [0.3, 0.4) is 0 Å². The van der Waals surface area contributed by atoms with Crippen LogP contribution in [0.4, 0.5) is 5.69 Å². The first-order chi connectivity index (χ1) is 16.0. The number of anilines is 1. The molecule has 1 amide bonds. The van der Waals surface area contributed by atoms with Gasteiger partial charge in [-0.1, -0.05) is 6.42 Å². The zero-order valence-corrected chi connectivity index (χ0v) is 20.0. The van der Waals surface area contributed by atoms with E-state index in [9.17, 15) is 13.2 Å². The molecule has 0 aliphatic carbocycles. The van der Waals surface area contributed by atoms with Gasteiger partial charge < -0.3 is 9.88 Å². The van der Waals surface area contributed by atoms with E-state index in [1.807, 2.05) is 24.3 Å². The predicted molar refractivity (Wildman–Crippen MR) is 128 cm³/mol. The number of sulfonamides is 1. The molecular formula is C23H27N5O3S2. The summed E-state index contributed by atoms with van der Waals surface area (Å²) < 4.78 is 29.4. The first-order valence-electron chi connectivity index (χ1n) is 11.4. The Morgan fingerprint density at radius 3 is 2.48 bits per heavy atom. The first-order valence-corrected chi connectivity index (χ1v) is 13.7. The lowest BCUT2D eigenvalue weighted by Crippen LogP contribution is -2.27. The highest BCUT2D eigenvalue weighted by molar-refractivity contribution is 7.91. The van der Waals surface area contributed by atoms with Gasteiger partial charge in [0.2, 0.25) is 5.91 Å². The van der Waals surface area contributed by atoms with Crippen LogP contribution in [-0.4, -0.2) is 46.5 Å². The van der Waals surface area contributed by atoms with Crippen molar-refractivity contribution in [2.75, 3.05) is 18.4 Å². The van der Waals surface area contributed by atoms with Gasteiger partial charge in [-0.05, 0) is 62.1 Å². The molecule has 4 heterocycles. The highest BCUT2D eigenvalue weighted by Gasteiger charge is 2.28. The number of nitrogens with zero attached hydrogens (tertiary/aromatic N) is 4. The number of amides is 1. The second-order valence-corrected chi connectivity index (χ2v) is 11.9. The third kappa shape index (κ3) is 4.73. The molecule has 0 radical (unpaired) electrons. The molecule has 0 saturated carbocycles. The molecule has 10 heteroatoms. The molecule has 1 N–H and O–H groups in total. The third-order valence-electron chi connectivity index (χ3n) is 6.17. The number of carbonyl (C=O) groups is 1. The number of thiophene rings is 1. The van der Waals surface area contributed by atoms with Crippen LogP contribution in [0.15, 0.2) is 40.6 Å². The smallest absolute Gasteiger partial charge is 0.252 e. The lowest BCUT2D eigenvalue weighted by atomic mass is 10.2. The molecule has 174 valence electrons. The number of nitrogens with one attached hydrogen (secondary N) is 1. The molecule has 8 nitrogen and oxygen atoms in total. The summed E-state index contributed by atoms with van der Waals surface area (Å²) in [5, 5.41) is 11.6. The van der Waals surface area contributed by atoms with Crippen molar-refractivity contribution in [2.24, 2.45) is 0 Å². The number of hydrogen-bond acceptors (Lipinski definition) is 6. The van der Waals surface area contributed by atoms with Crippen molar-refractivity contribution in [3.63, 3.8) is 0 Å². The van der Waals surface area contributed by atoms with Gasteiger partial charge >= 0.3 is 0 Å². The number of fused-ring (bicyclic) bond motifs is 1. The van der Waals surface area contributed by atoms with Gasteiger partial charge in [0.05, 0.1) is 6.42 Å². The Morgan fingerprint density at radius 2 is 1.70 bits per heavy atom. The molecule has 1 fully saturated rings. The maximum Gasteiger partial charge on any atom is 0.252 e. The van der Waals surface area contributed by atoms with E-state index in [1.54, 1.807) is 12.1 Å². The van der Waals surface area contributed by atoms with Crippen molar-refractivity contribution in [2.45, 2.75) is 55.7 Å². The van der Waals surface area contributed by atoms with E-state index in [2.05, 4.69) is 20.1 Å². The largest absolute Gasteiger partial charge is 0.326 e. The van der Waals surface area contributed by atoms with Crippen molar-refractivity contribution in [3.05, 3.63) is 47.1 Å². The van der Waals surface area contributed by atoms with Gasteiger partial charge in [-0.15, -0.1) is 21.5 Å². The van der Waals surface area contributed by atoms with Crippen LogP contribution in [0.5, 0.6) is 0 Å². The summed E-state index contributed by atoms with van der Waals surface area (Å²) in [6.45, 7) is 2.08. The second-order valence-electron chi connectivity index (χ2n) is 8.54. The molecule has 0 atom stereocenters. The number of aromatic nitrogens is 3. The Hall–Kier alpha value is -2.56. The van der Waals surface area contributed by atoms with Crippen molar-refractivity contribution in [1.29, 1.82) is 0 Å². The van der Waals surface area contributed by atoms with E-state index in [0.717, 1.165) is 60.7 Å². The Bertz CT molecular complexity index is 1240. The fraction of sp³-hybridized carbons (Fsp3) is 0.435. The zero-order chi connectivity index (χ0) is 22.8. The minimum Gasteiger partial charge on any atom is -0.326 e. The summed E-state index contributed by atoms with van der Waals surface area (Å²) >= 11 is 1.17. The quantitative estimate of drug-likeness (QED) is 0.574. The molecule has 0 unspecified atom stereocenters. The van der Waals surface area contributed by atoms with Crippen LogP contribution in [-0.2, 0) is 34.2 Å². The van der Waals surface area contributed by atoms with Crippen molar-refractivity contribution in [1.82, 2.24) is 19.1 Å². The predicted octanol–water partition coefficient (Wildman–Crippen LogP) is 3.70. The van der Waals surface area contributed by atoms with E-state index < -0.39 is 10.0 Å². The van der Waals surface area contributed by atoms with Gasteiger partial charge in [0.15, 0.2) is 5.82 Å². The summed E-state index contributed by atoms with van der Waals surface area (Å²) in [6, 6.07) is 11.0. The van der Waals surface area contributed by atoms with Gasteiger partial charge in [0.1, 0.15) is 10.0 Å². The SMILES string of the molecule is O=C(Cc1ccc(S(=O)(=O)N2CCCC2)s1)Nc1ccc(-c2nnc3n2CCCCC3)cc1. The van der Waals surface area contributed by atoms with Crippen molar-refractivity contribution < 1.29 is 13.2 Å². The maximum atomic E-state index is 12.7. The Balaban J connectivity index is 1.22. The fourth-order valence-electron chi connectivity index (χ4n) is 4.41. The van der Waals surface area contributed by atoms with Crippen LogP contribution in [0, 0.1) is 0 Å². The first kappa shape index (κ1) is 22.2. The van der Waals surface area contributed by atoms with Crippen LogP contribution in [0.25, 0.3) is 11.4 Å². The Morgan fingerprint density at radius 1 is 0.939 bits per heavy atom. The molecule has 1 saturated heterocycles. The van der Waals surface area contributed by atoms with Crippen LogP contribution >= 0.6 is 11.3 Å². The summed E-state index contributed by atoms with van der Waals surface area (Å²) in [5.74, 6) is 1.74. The number of hydrogen-bond donors (Lipinski definition) is 1. The number of benzene rings is 1. The van der Waals surface area contributed by atoms with E-state index in [-0.39, 0.29) is 12.3 Å². The topological polar surface area (TPSA) is 97.2 Å². The van der Waals surface area contributed by atoms with Crippen LogP contribution in [0.1, 0.15) is 42.8 Å². The van der Waals surface area contributed by atoms with E-state index in [4.69, 9.17) is 0 Å². The molecule has 0 spiro atoms. The minimum absolute atomic E-state index is 0.139. The Labute approximate surface area is 197 Å². The Kier molecular flexibility index (Phi) is 6.31. The molecular weight excluding hydrogens is 458 g/mol. The lowest BCUT2D eigenvalue weighted by Gasteiger charge is -2.13. The third-order valence-corrected chi connectivity index (χ3v) is 9.62. The van der Waals surface area contributed by atoms with Gasteiger partial charge in [-0.2, -0.15) is 4.31 Å². The molecule has 2 aromatic heterocycles. The minimum atomic E-state index is -3.44. The monoisotopic (exact) mass is 485 g/mol. The summed E-state index contributed by atoms with van der Waals surface area (Å²) in [6.07, 6.45) is 6.40. The zero-order valence-electron chi connectivity index (χ0n) is 18.4. The second kappa shape index (κ2) is 9.36. The van der Waals surface area contributed by atoms with Gasteiger partial charge in [0, 0.05) is 42.2 Å². The van der Waals surface area contributed by atoms with E-state index in [0.29, 0.717) is 23.0 Å². The van der Waals surface area contributed by atoms with Crippen LogP contribution in [0.2, 0.25) is 0 Å². The highest BCUT2D eigenvalue weighted by atomic mass is 32.2. The maximum absolute atomic E-state index is 12.7. The molecule has 5 rings (SSSR count). The average Bonchev–Trinajstić information content (AvgIpc) is 3.54. The lowest BCUT2D eigenvalue weighted by molar-refractivity contribution is -0.115. The molecule has 0 bridgehead atoms. The van der Waals surface area contributed by atoms with Crippen molar-refractivity contribution in [3.8, 4) is 11.4 Å². The molecule has 2 aliphatic heterocycles. The fourth-order valence-corrected chi connectivity index (χ4v) is 7.44. The number of carbonyl (C=O) groups excluding carboxylic acids is 1. The van der Waals surface area contributed by atoms with Gasteiger partial charge in [0.25, 0.3) is 10.0 Å². The van der Waals surface area contributed by atoms with E-state index >= 15 is 0 Å². The van der Waals surface area contributed by atoms with Gasteiger partial charge in [-0.25, -0.2) is 8.42 Å². The summed E-state index contributed by atoms with van der Waals surface area (Å²) in [7, 11) is -3.44. The standard InChI is InChI=1S/C23H27N5O3S2/c29-21(16-19-11-12-22(32-19)33(30,31)27-13-4-5-14-27)24-18-9-7-17(8-10-18)23-26-25-20-6-2-1-3-15-28(20)23/h7-12H,1-6,13-16H2,(H,24,29). The number of rotatable bonds is 6. The highest BCUT2D eigenvalue weighted by Crippen LogP contribution is 2.28. The average molecular weight is 486 g/mol. The molecule has 3 aromatic rings. The molecule has 1 aromatic carbocycles. The van der Waals surface area contributed by atoms with Crippen LogP contribution < -0.4 is 5.32 Å². The van der Waals surface area contributed by atoms with E-state index in [1.165, 1.54) is 22.1 Å². The molecule has 2 aliphatic rings. The normalized spacial score (nSPS) is 17.0.